The fourth-order valence-corrected chi connectivity index (χ4v) is 2.42. The van der Waals surface area contributed by atoms with Crippen LogP contribution < -0.4 is 4.74 Å². The highest BCUT2D eigenvalue weighted by Gasteiger charge is 2.18. The molecule has 110 valence electrons. The fraction of sp³-hybridized carbons (Fsp3) is 0.562. The second-order valence-electron chi connectivity index (χ2n) is 5.34. The molecule has 1 aliphatic heterocycles. The summed E-state index contributed by atoms with van der Waals surface area (Å²) in [5.41, 5.74) is 0. The minimum absolute atomic E-state index is 0.258. The molecule has 0 unspecified atom stereocenters. The van der Waals surface area contributed by atoms with E-state index in [1.54, 1.807) is 0 Å². The summed E-state index contributed by atoms with van der Waals surface area (Å²) in [5.74, 6) is 1.16. The van der Waals surface area contributed by atoms with Gasteiger partial charge in [0.1, 0.15) is 5.75 Å². The molecule has 0 saturated carbocycles. The van der Waals surface area contributed by atoms with Gasteiger partial charge >= 0.3 is 0 Å². The molecule has 1 aliphatic rings. The number of rotatable bonds is 7. The Bertz CT molecular complexity index is 402. The number of likely N-dealkylation sites (tertiary alicyclic amines) is 1. The summed E-state index contributed by atoms with van der Waals surface area (Å²) < 4.78 is 5.64. The van der Waals surface area contributed by atoms with Crippen molar-refractivity contribution < 1.29 is 9.53 Å². The number of nitrogens with zero attached hydrogens (tertiary/aromatic N) is 2. The Labute approximate surface area is 121 Å². The zero-order valence-electron chi connectivity index (χ0n) is 12.3. The van der Waals surface area contributed by atoms with Gasteiger partial charge in [-0.2, -0.15) is 0 Å². The number of benzene rings is 1. The van der Waals surface area contributed by atoms with Crippen LogP contribution in [0.4, 0.5) is 0 Å². The van der Waals surface area contributed by atoms with Gasteiger partial charge in [-0.3, -0.25) is 9.69 Å². The second kappa shape index (κ2) is 7.90. The molecule has 0 N–H and O–H groups in total. The third-order valence-corrected chi connectivity index (χ3v) is 3.56. The van der Waals surface area contributed by atoms with Crippen LogP contribution in [0.2, 0.25) is 0 Å². The van der Waals surface area contributed by atoms with Crippen molar-refractivity contribution in [3.05, 3.63) is 30.3 Å². The maximum absolute atomic E-state index is 12.0. The van der Waals surface area contributed by atoms with Crippen LogP contribution in [0.15, 0.2) is 30.3 Å². The summed E-state index contributed by atoms with van der Waals surface area (Å²) in [6, 6.07) is 9.83. The Balaban J connectivity index is 1.58. The van der Waals surface area contributed by atoms with E-state index in [1.165, 1.54) is 0 Å². The maximum Gasteiger partial charge on any atom is 0.236 e. The van der Waals surface area contributed by atoms with E-state index in [4.69, 9.17) is 4.74 Å². The summed E-state index contributed by atoms with van der Waals surface area (Å²) in [6.45, 7) is 3.96. The highest BCUT2D eigenvalue weighted by Crippen LogP contribution is 2.09. The first-order chi connectivity index (χ1) is 9.75. The first-order valence-electron chi connectivity index (χ1n) is 7.40. The van der Waals surface area contributed by atoms with Crippen LogP contribution >= 0.6 is 0 Å². The Morgan fingerprint density at radius 1 is 1.25 bits per heavy atom. The maximum atomic E-state index is 12.0. The first kappa shape index (κ1) is 14.9. The number of carbonyl (C=O) groups excluding carboxylic acids is 1. The molecule has 1 amide bonds. The minimum atomic E-state index is 0.258. The summed E-state index contributed by atoms with van der Waals surface area (Å²) >= 11 is 0. The molecule has 4 nitrogen and oxygen atoms in total. The van der Waals surface area contributed by atoms with Crippen molar-refractivity contribution in [3.63, 3.8) is 0 Å². The predicted molar refractivity (Wildman–Crippen MR) is 79.9 cm³/mol. The molecular weight excluding hydrogens is 252 g/mol. The van der Waals surface area contributed by atoms with Gasteiger partial charge in [-0.15, -0.1) is 0 Å². The average Bonchev–Trinajstić information content (AvgIpc) is 2.99. The summed E-state index contributed by atoms with van der Waals surface area (Å²) in [5, 5.41) is 0. The van der Waals surface area contributed by atoms with Crippen molar-refractivity contribution in [2.24, 2.45) is 0 Å². The Hall–Kier alpha value is -1.55. The van der Waals surface area contributed by atoms with Crippen LogP contribution in [-0.2, 0) is 4.79 Å². The van der Waals surface area contributed by atoms with Crippen molar-refractivity contribution in [1.29, 1.82) is 0 Å². The number of carbonyl (C=O) groups is 1. The van der Waals surface area contributed by atoms with Gasteiger partial charge in [-0.05, 0) is 38.4 Å². The fourth-order valence-electron chi connectivity index (χ4n) is 2.42. The summed E-state index contributed by atoms with van der Waals surface area (Å²) in [4.78, 5) is 16.0. The number of hydrogen-bond acceptors (Lipinski definition) is 3. The van der Waals surface area contributed by atoms with Crippen LogP contribution in [0.5, 0.6) is 5.75 Å². The molecule has 0 aromatic heterocycles. The monoisotopic (exact) mass is 276 g/mol. The smallest absolute Gasteiger partial charge is 0.236 e. The molecule has 20 heavy (non-hydrogen) atoms. The van der Waals surface area contributed by atoms with Crippen molar-refractivity contribution in [3.8, 4) is 5.75 Å². The molecule has 0 bridgehead atoms. The van der Waals surface area contributed by atoms with Crippen molar-refractivity contribution >= 4 is 5.91 Å². The van der Waals surface area contributed by atoms with Gasteiger partial charge < -0.3 is 9.64 Å². The first-order valence-corrected chi connectivity index (χ1v) is 7.40. The number of ether oxygens (including phenoxy) is 1. The van der Waals surface area contributed by atoms with Gasteiger partial charge in [-0.25, -0.2) is 0 Å². The lowest BCUT2D eigenvalue weighted by Gasteiger charge is -2.21. The van der Waals surface area contributed by atoms with E-state index in [-0.39, 0.29) is 5.91 Å². The van der Waals surface area contributed by atoms with E-state index in [0.29, 0.717) is 13.2 Å². The van der Waals surface area contributed by atoms with E-state index in [2.05, 4.69) is 4.90 Å². The van der Waals surface area contributed by atoms with E-state index in [0.717, 1.165) is 44.6 Å². The third kappa shape index (κ3) is 4.85. The van der Waals surface area contributed by atoms with Gasteiger partial charge in [0, 0.05) is 19.6 Å². The molecule has 1 saturated heterocycles. The van der Waals surface area contributed by atoms with Crippen LogP contribution in [0.3, 0.4) is 0 Å². The van der Waals surface area contributed by atoms with Gasteiger partial charge in [0.25, 0.3) is 0 Å². The normalized spacial score (nSPS) is 14.8. The molecule has 0 atom stereocenters. The Morgan fingerprint density at radius 2 is 1.95 bits per heavy atom. The molecular formula is C16H24N2O2. The van der Waals surface area contributed by atoms with Crippen molar-refractivity contribution in [1.82, 2.24) is 9.80 Å². The van der Waals surface area contributed by atoms with Crippen molar-refractivity contribution in [2.75, 3.05) is 39.8 Å². The molecule has 1 aromatic rings. The zero-order valence-corrected chi connectivity index (χ0v) is 12.3. The number of amides is 1. The number of hydrogen-bond donors (Lipinski definition) is 0. The highest BCUT2D eigenvalue weighted by molar-refractivity contribution is 5.78. The van der Waals surface area contributed by atoms with Gasteiger partial charge in [-0.1, -0.05) is 18.2 Å². The standard InChI is InChI=1S/C16H24N2O2/c1-17(14-16(19)18-11-5-6-12-18)10-7-13-20-15-8-3-2-4-9-15/h2-4,8-9H,5-7,10-14H2,1H3. The Kier molecular flexibility index (Phi) is 5.87. The van der Waals surface area contributed by atoms with Gasteiger partial charge in [0.2, 0.25) is 5.91 Å². The van der Waals surface area contributed by atoms with E-state index in [1.807, 2.05) is 42.3 Å². The number of likely N-dealkylation sites (N-methyl/N-ethyl adjacent to an activating group) is 1. The van der Waals surface area contributed by atoms with E-state index in [9.17, 15) is 4.79 Å². The van der Waals surface area contributed by atoms with Crippen LogP contribution in [0.1, 0.15) is 19.3 Å². The SMILES string of the molecule is CN(CCCOc1ccccc1)CC(=O)N1CCCC1. The average molecular weight is 276 g/mol. The third-order valence-electron chi connectivity index (χ3n) is 3.56. The summed E-state index contributed by atoms with van der Waals surface area (Å²) in [7, 11) is 2.00. The molecule has 0 aliphatic carbocycles. The molecule has 0 spiro atoms. The lowest BCUT2D eigenvalue weighted by Crippen LogP contribution is -2.37. The second-order valence-corrected chi connectivity index (χ2v) is 5.34. The molecule has 1 heterocycles. The molecule has 1 fully saturated rings. The largest absolute Gasteiger partial charge is 0.494 e. The summed E-state index contributed by atoms with van der Waals surface area (Å²) in [6.07, 6.45) is 3.24. The quantitative estimate of drug-likeness (QED) is 0.714. The zero-order chi connectivity index (χ0) is 14.2. The number of para-hydroxylation sites is 1. The van der Waals surface area contributed by atoms with E-state index >= 15 is 0 Å². The molecule has 1 aromatic carbocycles. The predicted octanol–water partition coefficient (Wildman–Crippen LogP) is 2.01. The highest BCUT2D eigenvalue weighted by atomic mass is 16.5. The lowest BCUT2D eigenvalue weighted by atomic mass is 10.3. The molecule has 2 rings (SSSR count). The van der Waals surface area contributed by atoms with Gasteiger partial charge in [0.05, 0.1) is 13.2 Å². The molecule has 0 radical (unpaired) electrons. The van der Waals surface area contributed by atoms with Crippen LogP contribution in [0, 0.1) is 0 Å². The lowest BCUT2D eigenvalue weighted by molar-refractivity contribution is -0.131. The Morgan fingerprint density at radius 3 is 2.65 bits per heavy atom. The topological polar surface area (TPSA) is 32.8 Å². The minimum Gasteiger partial charge on any atom is -0.494 e. The van der Waals surface area contributed by atoms with Gasteiger partial charge in [0.15, 0.2) is 0 Å². The van der Waals surface area contributed by atoms with Crippen LogP contribution in [0.25, 0.3) is 0 Å². The van der Waals surface area contributed by atoms with Crippen LogP contribution in [-0.4, -0.2) is 55.5 Å². The molecule has 4 heteroatoms. The van der Waals surface area contributed by atoms with E-state index < -0.39 is 0 Å². The van der Waals surface area contributed by atoms with Crippen molar-refractivity contribution in [2.45, 2.75) is 19.3 Å².